The molecule has 4 aliphatic rings. The summed E-state index contributed by atoms with van der Waals surface area (Å²) in [6, 6.07) is 0. The van der Waals surface area contributed by atoms with E-state index in [9.17, 15) is 14.4 Å². The average molecular weight is 419 g/mol. The van der Waals surface area contributed by atoms with Crippen LogP contribution in [0.15, 0.2) is 0 Å². The molecular weight excluding hydrogens is 380 g/mol. The summed E-state index contributed by atoms with van der Waals surface area (Å²) in [5.74, 6) is 2.06. The van der Waals surface area contributed by atoms with Gasteiger partial charge in [-0.1, -0.05) is 20.8 Å². The lowest BCUT2D eigenvalue weighted by atomic mass is 9.44. The SMILES string of the molecule is C[C@H](CCC(=O)O)[C@H]1CC[C@H]2[C@@H]3C(=O)C[C@@H]4C[C@H](OC=O)CC[C@]4(C)[C@H]3CC[C@]12C. The Morgan fingerprint density at radius 3 is 2.57 bits per heavy atom. The van der Waals surface area contributed by atoms with Crippen molar-refractivity contribution in [1.82, 2.24) is 0 Å². The Kier molecular flexibility index (Phi) is 5.78. The average Bonchev–Trinajstić information content (AvgIpc) is 3.04. The zero-order chi connectivity index (χ0) is 21.7. The molecule has 4 saturated carbocycles. The molecule has 9 atom stereocenters. The minimum atomic E-state index is -0.708. The lowest BCUT2D eigenvalue weighted by molar-refractivity contribution is -0.164. The number of carbonyl (C=O) groups is 3. The molecular formula is C25H38O5. The van der Waals surface area contributed by atoms with Gasteiger partial charge in [-0.3, -0.25) is 14.4 Å². The van der Waals surface area contributed by atoms with Crippen LogP contribution in [0, 0.1) is 46.3 Å². The molecule has 4 fully saturated rings. The maximum Gasteiger partial charge on any atom is 0.303 e. The van der Waals surface area contributed by atoms with Crippen molar-refractivity contribution in [3.63, 3.8) is 0 Å². The Labute approximate surface area is 180 Å². The molecule has 1 N–H and O–H groups in total. The van der Waals surface area contributed by atoms with Crippen molar-refractivity contribution < 1.29 is 24.2 Å². The molecule has 30 heavy (non-hydrogen) atoms. The first-order valence-electron chi connectivity index (χ1n) is 12.0. The summed E-state index contributed by atoms with van der Waals surface area (Å²) in [7, 11) is 0. The van der Waals surface area contributed by atoms with Crippen LogP contribution in [0.1, 0.15) is 85.0 Å². The van der Waals surface area contributed by atoms with Gasteiger partial charge in [-0.25, -0.2) is 0 Å². The molecule has 168 valence electrons. The van der Waals surface area contributed by atoms with Crippen LogP contribution in [-0.2, 0) is 19.1 Å². The first-order valence-corrected chi connectivity index (χ1v) is 12.0. The molecule has 0 bridgehead atoms. The highest BCUT2D eigenvalue weighted by Gasteiger charge is 2.63. The molecule has 0 amide bonds. The fourth-order valence-corrected chi connectivity index (χ4v) is 8.62. The first-order chi connectivity index (χ1) is 14.2. The molecule has 4 aliphatic carbocycles. The van der Waals surface area contributed by atoms with Gasteiger partial charge < -0.3 is 9.84 Å². The van der Waals surface area contributed by atoms with E-state index in [2.05, 4.69) is 20.8 Å². The topological polar surface area (TPSA) is 80.7 Å². The number of carboxylic acids is 1. The maximum absolute atomic E-state index is 13.5. The Hall–Kier alpha value is -1.39. The van der Waals surface area contributed by atoms with Gasteiger partial charge in [0.2, 0.25) is 0 Å². The quantitative estimate of drug-likeness (QED) is 0.623. The zero-order valence-electron chi connectivity index (χ0n) is 18.8. The van der Waals surface area contributed by atoms with Gasteiger partial charge in [0.1, 0.15) is 11.9 Å². The van der Waals surface area contributed by atoms with Crippen molar-refractivity contribution in [3.05, 3.63) is 0 Å². The van der Waals surface area contributed by atoms with E-state index < -0.39 is 5.97 Å². The lowest BCUT2D eigenvalue weighted by Crippen LogP contribution is -2.57. The highest BCUT2D eigenvalue weighted by atomic mass is 16.5. The maximum atomic E-state index is 13.5. The van der Waals surface area contributed by atoms with E-state index in [0.717, 1.165) is 51.4 Å². The van der Waals surface area contributed by atoms with E-state index in [4.69, 9.17) is 9.84 Å². The van der Waals surface area contributed by atoms with Crippen molar-refractivity contribution in [1.29, 1.82) is 0 Å². The Balaban J connectivity index is 1.54. The fourth-order valence-electron chi connectivity index (χ4n) is 8.62. The van der Waals surface area contributed by atoms with Crippen LogP contribution in [-0.4, -0.2) is 29.4 Å². The standard InChI is InChI=1S/C25H38O5/c1-15(4-7-22(28)29)18-5-6-19-23-20(9-11-25(18,19)3)24(2)10-8-17(30-14-26)12-16(24)13-21(23)27/h14-20,23H,4-13H2,1-3H3,(H,28,29)/t15-,16+,17-,18-,19+,20+,23+,24+,25-/m1/s1. The molecule has 0 aromatic rings. The molecule has 0 aliphatic heterocycles. The molecule has 5 nitrogen and oxygen atoms in total. The number of aliphatic carboxylic acids is 1. The van der Waals surface area contributed by atoms with Gasteiger partial charge in [0.25, 0.3) is 6.47 Å². The number of hydrogen-bond donors (Lipinski definition) is 1. The molecule has 0 saturated heterocycles. The van der Waals surface area contributed by atoms with E-state index in [1.807, 2.05) is 0 Å². The third-order valence-electron chi connectivity index (χ3n) is 10.2. The number of Topliss-reactive ketones (excluding diaryl/α,β-unsaturated/α-hetero) is 1. The third kappa shape index (κ3) is 3.40. The van der Waals surface area contributed by atoms with Crippen LogP contribution in [0.4, 0.5) is 0 Å². The fraction of sp³-hybridized carbons (Fsp3) is 0.880. The summed E-state index contributed by atoms with van der Waals surface area (Å²) in [6.07, 6.45) is 8.91. The second kappa shape index (κ2) is 7.94. The van der Waals surface area contributed by atoms with Crippen molar-refractivity contribution >= 4 is 18.2 Å². The number of fused-ring (bicyclic) bond motifs is 5. The summed E-state index contributed by atoms with van der Waals surface area (Å²) in [5, 5.41) is 9.11. The van der Waals surface area contributed by atoms with Crippen LogP contribution in [0.25, 0.3) is 0 Å². The number of carboxylic acid groups (broad SMARTS) is 1. The molecule has 0 aromatic heterocycles. The van der Waals surface area contributed by atoms with Crippen LogP contribution in [0.5, 0.6) is 0 Å². The van der Waals surface area contributed by atoms with E-state index in [1.165, 1.54) is 0 Å². The second-order valence-corrected chi connectivity index (χ2v) is 11.4. The zero-order valence-corrected chi connectivity index (χ0v) is 18.8. The van der Waals surface area contributed by atoms with Gasteiger partial charge in [-0.2, -0.15) is 0 Å². The minimum Gasteiger partial charge on any atom is -0.481 e. The van der Waals surface area contributed by atoms with Crippen molar-refractivity contribution in [3.8, 4) is 0 Å². The van der Waals surface area contributed by atoms with Crippen LogP contribution in [0.3, 0.4) is 0 Å². The summed E-state index contributed by atoms with van der Waals surface area (Å²) >= 11 is 0. The third-order valence-corrected chi connectivity index (χ3v) is 10.2. The van der Waals surface area contributed by atoms with E-state index in [0.29, 0.717) is 48.3 Å². The highest BCUT2D eigenvalue weighted by molar-refractivity contribution is 5.83. The smallest absolute Gasteiger partial charge is 0.303 e. The number of rotatable bonds is 6. The monoisotopic (exact) mass is 418 g/mol. The normalized spacial score (nSPS) is 46.3. The van der Waals surface area contributed by atoms with E-state index in [1.54, 1.807) is 0 Å². The second-order valence-electron chi connectivity index (χ2n) is 11.4. The van der Waals surface area contributed by atoms with Gasteiger partial charge in [-0.15, -0.1) is 0 Å². The van der Waals surface area contributed by atoms with E-state index in [-0.39, 0.29) is 29.3 Å². The van der Waals surface area contributed by atoms with Gasteiger partial charge in [0.15, 0.2) is 0 Å². The largest absolute Gasteiger partial charge is 0.481 e. The summed E-state index contributed by atoms with van der Waals surface area (Å²) in [5.41, 5.74) is 0.339. The predicted molar refractivity (Wildman–Crippen MR) is 113 cm³/mol. The number of hydrogen-bond acceptors (Lipinski definition) is 4. The molecule has 0 radical (unpaired) electrons. The van der Waals surface area contributed by atoms with Crippen molar-refractivity contribution in [2.45, 2.75) is 91.1 Å². The summed E-state index contributed by atoms with van der Waals surface area (Å²) < 4.78 is 5.28. The van der Waals surface area contributed by atoms with Gasteiger partial charge >= 0.3 is 5.97 Å². The molecule has 0 unspecified atom stereocenters. The molecule has 0 aromatic carbocycles. The Morgan fingerprint density at radius 2 is 1.87 bits per heavy atom. The first kappa shape index (κ1) is 21.8. The predicted octanol–water partition coefficient (Wildman–Crippen LogP) is 4.87. The van der Waals surface area contributed by atoms with E-state index >= 15 is 0 Å². The Bertz CT molecular complexity index is 704. The summed E-state index contributed by atoms with van der Waals surface area (Å²) in [4.78, 5) is 35.4. The molecule has 4 rings (SSSR count). The molecule has 5 heteroatoms. The molecule has 0 spiro atoms. The lowest BCUT2D eigenvalue weighted by Gasteiger charge is -2.60. The minimum absolute atomic E-state index is 0.0234. The number of ether oxygens (including phenoxy) is 1. The van der Waals surface area contributed by atoms with Gasteiger partial charge in [0, 0.05) is 18.8 Å². The number of carbonyl (C=O) groups excluding carboxylic acids is 2. The van der Waals surface area contributed by atoms with Gasteiger partial charge in [-0.05, 0) is 91.8 Å². The van der Waals surface area contributed by atoms with Crippen molar-refractivity contribution in [2.24, 2.45) is 46.3 Å². The van der Waals surface area contributed by atoms with Crippen LogP contribution in [0.2, 0.25) is 0 Å². The highest BCUT2D eigenvalue weighted by Crippen LogP contribution is 2.67. The summed E-state index contributed by atoms with van der Waals surface area (Å²) in [6.45, 7) is 7.60. The van der Waals surface area contributed by atoms with Gasteiger partial charge in [0.05, 0.1) is 0 Å². The molecule has 0 heterocycles. The van der Waals surface area contributed by atoms with Crippen LogP contribution < -0.4 is 0 Å². The number of ketones is 1. The van der Waals surface area contributed by atoms with Crippen LogP contribution >= 0.6 is 0 Å². The Morgan fingerprint density at radius 1 is 1.17 bits per heavy atom. The van der Waals surface area contributed by atoms with Crippen molar-refractivity contribution in [2.75, 3.05) is 0 Å².